The van der Waals surface area contributed by atoms with Gasteiger partial charge >= 0.3 is 0 Å². The number of fused-ring (bicyclic) bond motifs is 1. The Balaban J connectivity index is 2.42. The van der Waals surface area contributed by atoms with Gasteiger partial charge in [-0.15, -0.1) is 0 Å². The fourth-order valence-electron chi connectivity index (χ4n) is 2.10. The topological polar surface area (TPSA) is 35.2 Å². The van der Waals surface area contributed by atoms with Crippen molar-refractivity contribution in [2.45, 2.75) is 38.8 Å². The van der Waals surface area contributed by atoms with E-state index in [1.807, 2.05) is 6.92 Å². The van der Waals surface area contributed by atoms with Crippen LogP contribution in [0.3, 0.4) is 0 Å². The van der Waals surface area contributed by atoms with Crippen molar-refractivity contribution in [3.05, 3.63) is 29.6 Å². The number of rotatable bonds is 1. The smallest absolute Gasteiger partial charge is 0.127 e. The normalized spacial score (nSPS) is 28.8. The van der Waals surface area contributed by atoms with Crippen LogP contribution in [0.15, 0.2) is 18.2 Å². The van der Waals surface area contributed by atoms with Crippen LogP contribution >= 0.6 is 0 Å². The van der Waals surface area contributed by atoms with Crippen molar-refractivity contribution < 1.29 is 9.13 Å². The molecule has 88 valence electrons. The van der Waals surface area contributed by atoms with Crippen molar-refractivity contribution in [1.29, 1.82) is 0 Å². The molecule has 1 aliphatic rings. The minimum Gasteiger partial charge on any atom is -0.487 e. The molecule has 0 fully saturated rings. The van der Waals surface area contributed by atoms with E-state index in [1.165, 1.54) is 12.1 Å². The molecule has 1 unspecified atom stereocenters. The highest BCUT2D eigenvalue weighted by Crippen LogP contribution is 2.41. The Labute approximate surface area is 95.6 Å². The van der Waals surface area contributed by atoms with Gasteiger partial charge in [-0.1, -0.05) is 19.9 Å². The summed E-state index contributed by atoms with van der Waals surface area (Å²) in [6, 6.07) is 4.50. The van der Waals surface area contributed by atoms with Gasteiger partial charge in [-0.25, -0.2) is 4.39 Å². The lowest BCUT2D eigenvalue weighted by molar-refractivity contribution is 0.0105. The lowest BCUT2D eigenvalue weighted by Gasteiger charge is -2.41. The van der Waals surface area contributed by atoms with E-state index in [1.54, 1.807) is 6.07 Å². The fourth-order valence-corrected chi connectivity index (χ4v) is 2.10. The number of benzene rings is 1. The largest absolute Gasteiger partial charge is 0.487 e. The summed E-state index contributed by atoms with van der Waals surface area (Å²) in [4.78, 5) is 0. The SMILES string of the molecule is CC(C)C1(C)C[C@@H](N)c2ccc(F)cc2O1. The van der Waals surface area contributed by atoms with Crippen LogP contribution in [-0.4, -0.2) is 5.60 Å². The molecule has 0 saturated heterocycles. The third-order valence-electron chi connectivity index (χ3n) is 3.56. The molecule has 1 heterocycles. The van der Waals surface area contributed by atoms with E-state index in [2.05, 4.69) is 13.8 Å². The minimum absolute atomic E-state index is 0.0725. The number of hydrogen-bond acceptors (Lipinski definition) is 2. The molecule has 2 nitrogen and oxygen atoms in total. The molecule has 0 bridgehead atoms. The summed E-state index contributed by atoms with van der Waals surface area (Å²) in [6.07, 6.45) is 0.767. The molecule has 2 N–H and O–H groups in total. The molecular weight excluding hydrogens is 205 g/mol. The number of ether oxygens (including phenoxy) is 1. The summed E-state index contributed by atoms with van der Waals surface area (Å²) in [5.74, 6) is 0.656. The first-order valence-electron chi connectivity index (χ1n) is 5.66. The molecule has 0 radical (unpaired) electrons. The van der Waals surface area contributed by atoms with Crippen LogP contribution in [0.4, 0.5) is 4.39 Å². The zero-order chi connectivity index (χ0) is 11.9. The maximum atomic E-state index is 13.2. The van der Waals surface area contributed by atoms with Gasteiger partial charge < -0.3 is 10.5 Å². The molecule has 0 spiro atoms. The first-order valence-corrected chi connectivity index (χ1v) is 5.66. The van der Waals surface area contributed by atoms with E-state index in [9.17, 15) is 4.39 Å². The molecule has 1 aliphatic heterocycles. The van der Waals surface area contributed by atoms with Crippen molar-refractivity contribution in [2.75, 3.05) is 0 Å². The first-order chi connectivity index (χ1) is 7.42. The van der Waals surface area contributed by atoms with Gasteiger partial charge in [0.25, 0.3) is 0 Å². The average Bonchev–Trinajstić information content (AvgIpc) is 2.16. The fraction of sp³-hybridized carbons (Fsp3) is 0.538. The molecule has 3 heteroatoms. The molecular formula is C13H18FNO. The summed E-state index contributed by atoms with van der Waals surface area (Å²) in [5.41, 5.74) is 6.70. The average molecular weight is 223 g/mol. The number of hydrogen-bond donors (Lipinski definition) is 1. The zero-order valence-electron chi connectivity index (χ0n) is 9.96. The van der Waals surface area contributed by atoms with Crippen LogP contribution < -0.4 is 10.5 Å². The van der Waals surface area contributed by atoms with E-state index in [4.69, 9.17) is 10.5 Å². The second-order valence-electron chi connectivity index (χ2n) is 5.06. The number of nitrogens with two attached hydrogens (primary N) is 1. The molecule has 0 aliphatic carbocycles. The van der Waals surface area contributed by atoms with Crippen LogP contribution in [0.2, 0.25) is 0 Å². The van der Waals surface area contributed by atoms with Crippen molar-refractivity contribution in [2.24, 2.45) is 11.7 Å². The van der Waals surface area contributed by atoms with E-state index in [0.29, 0.717) is 11.7 Å². The standard InChI is InChI=1S/C13H18FNO/c1-8(2)13(3)7-11(15)10-5-4-9(14)6-12(10)16-13/h4-6,8,11H,7,15H2,1-3H3/t11-,13?/m1/s1. The number of halogens is 1. The molecule has 1 aromatic rings. The summed E-state index contributed by atoms with van der Waals surface area (Å²) in [5, 5.41) is 0. The second kappa shape index (κ2) is 3.74. The summed E-state index contributed by atoms with van der Waals surface area (Å²) >= 11 is 0. The van der Waals surface area contributed by atoms with E-state index >= 15 is 0 Å². The van der Waals surface area contributed by atoms with Crippen molar-refractivity contribution >= 4 is 0 Å². The van der Waals surface area contributed by atoms with Gasteiger partial charge in [0, 0.05) is 24.1 Å². The lowest BCUT2D eigenvalue weighted by atomic mass is 9.81. The van der Waals surface area contributed by atoms with Gasteiger partial charge in [0.05, 0.1) is 0 Å². The van der Waals surface area contributed by atoms with Crippen molar-refractivity contribution in [3.63, 3.8) is 0 Å². The maximum Gasteiger partial charge on any atom is 0.127 e. The van der Waals surface area contributed by atoms with Gasteiger partial charge in [0.2, 0.25) is 0 Å². The van der Waals surface area contributed by atoms with Crippen LogP contribution in [0.1, 0.15) is 38.8 Å². The highest BCUT2D eigenvalue weighted by atomic mass is 19.1. The molecule has 0 saturated carbocycles. The van der Waals surface area contributed by atoms with Crippen molar-refractivity contribution in [1.82, 2.24) is 0 Å². The van der Waals surface area contributed by atoms with Crippen LogP contribution in [0.25, 0.3) is 0 Å². The van der Waals surface area contributed by atoms with Gasteiger partial charge in [-0.3, -0.25) is 0 Å². The zero-order valence-corrected chi connectivity index (χ0v) is 9.96. The third kappa shape index (κ3) is 1.80. The minimum atomic E-state index is -0.305. The predicted octanol–water partition coefficient (Wildman–Crippen LogP) is 3.02. The van der Waals surface area contributed by atoms with Gasteiger partial charge in [0.1, 0.15) is 17.2 Å². The van der Waals surface area contributed by atoms with Gasteiger partial charge in [0.15, 0.2) is 0 Å². The quantitative estimate of drug-likeness (QED) is 0.794. The Kier molecular flexibility index (Phi) is 2.66. The molecule has 16 heavy (non-hydrogen) atoms. The molecule has 0 aromatic heterocycles. The Morgan fingerprint density at radius 2 is 2.19 bits per heavy atom. The summed E-state index contributed by atoms with van der Waals surface area (Å²) in [7, 11) is 0. The summed E-state index contributed by atoms with van der Waals surface area (Å²) < 4.78 is 19.1. The van der Waals surface area contributed by atoms with E-state index in [0.717, 1.165) is 12.0 Å². The van der Waals surface area contributed by atoms with Crippen molar-refractivity contribution in [3.8, 4) is 5.75 Å². The predicted molar refractivity (Wildman–Crippen MR) is 61.8 cm³/mol. The highest BCUT2D eigenvalue weighted by Gasteiger charge is 2.38. The Morgan fingerprint density at radius 3 is 2.81 bits per heavy atom. The highest BCUT2D eigenvalue weighted by molar-refractivity contribution is 5.39. The lowest BCUT2D eigenvalue weighted by Crippen LogP contribution is -2.44. The molecule has 2 rings (SSSR count). The van der Waals surface area contributed by atoms with Crippen LogP contribution in [-0.2, 0) is 0 Å². The monoisotopic (exact) mass is 223 g/mol. The molecule has 2 atom stereocenters. The van der Waals surface area contributed by atoms with E-state index in [-0.39, 0.29) is 17.5 Å². The molecule has 1 aromatic carbocycles. The summed E-state index contributed by atoms with van der Waals surface area (Å²) in [6.45, 7) is 6.22. The maximum absolute atomic E-state index is 13.2. The molecule has 0 amide bonds. The van der Waals surface area contributed by atoms with Gasteiger partial charge in [-0.05, 0) is 18.9 Å². The second-order valence-corrected chi connectivity index (χ2v) is 5.06. The Hall–Kier alpha value is -1.09. The Morgan fingerprint density at radius 1 is 1.50 bits per heavy atom. The van der Waals surface area contributed by atoms with Crippen LogP contribution in [0, 0.1) is 11.7 Å². The first kappa shape index (κ1) is 11.4. The van der Waals surface area contributed by atoms with Crippen LogP contribution in [0.5, 0.6) is 5.75 Å². The van der Waals surface area contributed by atoms with Gasteiger partial charge in [-0.2, -0.15) is 0 Å². The Bertz CT molecular complexity index is 405. The third-order valence-corrected chi connectivity index (χ3v) is 3.56. The van der Waals surface area contributed by atoms with E-state index < -0.39 is 0 Å².